The summed E-state index contributed by atoms with van der Waals surface area (Å²) >= 11 is 0. The Hall–Kier alpha value is -1.36. The number of halogens is 1. The molecule has 0 saturated carbocycles. The van der Waals surface area contributed by atoms with Gasteiger partial charge in [-0.1, -0.05) is 26.3 Å². The lowest BCUT2D eigenvalue weighted by atomic mass is 9.95. The zero-order chi connectivity index (χ0) is 12.0. The van der Waals surface area contributed by atoms with Gasteiger partial charge in [0.05, 0.1) is 18.3 Å². The molecule has 2 heteroatoms. The summed E-state index contributed by atoms with van der Waals surface area (Å²) in [6, 6.07) is 7.77. The predicted octanol–water partition coefficient (Wildman–Crippen LogP) is 3.81. The van der Waals surface area contributed by atoms with Crippen LogP contribution in [0.3, 0.4) is 0 Å². The van der Waals surface area contributed by atoms with Crippen molar-refractivity contribution in [3.05, 3.63) is 40.8 Å². The lowest BCUT2D eigenvalue weighted by Gasteiger charge is -2.09. The van der Waals surface area contributed by atoms with Crippen molar-refractivity contribution in [1.82, 2.24) is 0 Å². The number of hydrogen-bond donors (Lipinski definition) is 0. The zero-order valence-electron chi connectivity index (χ0n) is 9.89. The molecule has 0 aromatic heterocycles. The minimum absolute atomic E-state index is 0.456. The Morgan fingerprint density at radius 3 is 2.69 bits per heavy atom. The highest BCUT2D eigenvalue weighted by atomic mass is 19.1. The number of benzene rings is 1. The number of nitriles is 1. The van der Waals surface area contributed by atoms with Crippen LogP contribution in [0, 0.1) is 17.2 Å². The second-order valence-electron chi connectivity index (χ2n) is 4.05. The molecule has 1 nitrogen and oxygen atoms in total. The lowest BCUT2D eigenvalue weighted by Crippen LogP contribution is -1.99. The minimum atomic E-state index is -0.456. The van der Waals surface area contributed by atoms with E-state index in [9.17, 15) is 4.39 Å². The van der Waals surface area contributed by atoms with Gasteiger partial charge in [-0.05, 0) is 36.1 Å². The molecule has 0 amide bonds. The van der Waals surface area contributed by atoms with Crippen LogP contribution in [0.15, 0.2) is 18.2 Å². The Morgan fingerprint density at radius 1 is 1.38 bits per heavy atom. The van der Waals surface area contributed by atoms with Crippen molar-refractivity contribution >= 4 is 0 Å². The molecule has 0 fully saturated rings. The van der Waals surface area contributed by atoms with Crippen molar-refractivity contribution in [2.24, 2.45) is 0 Å². The van der Waals surface area contributed by atoms with E-state index in [2.05, 4.69) is 13.0 Å². The molecule has 1 radical (unpaired) electrons. The summed E-state index contributed by atoms with van der Waals surface area (Å²) in [5, 5.41) is 8.91. The molecule has 0 aliphatic carbocycles. The molecule has 0 unspecified atom stereocenters. The van der Waals surface area contributed by atoms with Crippen LogP contribution in [0.2, 0.25) is 0 Å². The first-order valence-corrected chi connectivity index (χ1v) is 5.64. The highest BCUT2D eigenvalue weighted by molar-refractivity contribution is 5.42. The van der Waals surface area contributed by atoms with E-state index in [0.717, 1.165) is 30.4 Å². The third-order valence-electron chi connectivity index (χ3n) is 2.63. The van der Waals surface area contributed by atoms with Gasteiger partial charge >= 0.3 is 0 Å². The Balaban J connectivity index is 2.97. The van der Waals surface area contributed by atoms with E-state index in [0.29, 0.717) is 11.5 Å². The minimum Gasteiger partial charge on any atom is -0.250 e. The van der Waals surface area contributed by atoms with Gasteiger partial charge in [0.1, 0.15) is 0 Å². The summed E-state index contributed by atoms with van der Waals surface area (Å²) in [6.07, 6.45) is 3.18. The zero-order valence-corrected chi connectivity index (χ0v) is 9.89. The van der Waals surface area contributed by atoms with E-state index >= 15 is 0 Å². The first-order chi connectivity index (χ1) is 7.71. The van der Waals surface area contributed by atoms with Crippen LogP contribution in [0.25, 0.3) is 0 Å². The van der Waals surface area contributed by atoms with Crippen LogP contribution in [-0.2, 0) is 6.42 Å². The lowest BCUT2D eigenvalue weighted by molar-refractivity contribution is 0.516. The number of nitrogens with zero attached hydrogens (tertiary/aromatic N) is 1. The molecule has 0 atom stereocenters. The molecule has 0 bridgehead atoms. The Morgan fingerprint density at radius 2 is 2.12 bits per heavy atom. The summed E-state index contributed by atoms with van der Waals surface area (Å²) in [5.74, 6) is 0.690. The molecule has 85 valence electrons. The van der Waals surface area contributed by atoms with Gasteiger partial charge in [-0.25, -0.2) is 0 Å². The normalized spacial score (nSPS) is 10.4. The second kappa shape index (κ2) is 6.27. The molecule has 0 aliphatic heterocycles. The summed E-state index contributed by atoms with van der Waals surface area (Å²) in [4.78, 5) is 0. The third kappa shape index (κ3) is 3.34. The fraction of sp³-hybridized carbons (Fsp3) is 0.429. The largest absolute Gasteiger partial charge is 0.250 e. The van der Waals surface area contributed by atoms with Crippen molar-refractivity contribution < 1.29 is 4.39 Å². The molecular weight excluding hydrogens is 201 g/mol. The number of aryl methyl sites for hydroxylation is 1. The standard InChI is InChI=1S/C14H17FN/c1-3-4-5-12-6-13(10-16)8-14(7-12)11(2)9-15/h6-8H,3-5,9H2,1-2H3. The first-order valence-electron chi connectivity index (χ1n) is 5.64. The SMILES string of the molecule is CCCCc1cc(C#N)cc([C](C)CF)c1. The molecule has 0 heterocycles. The maximum Gasteiger partial charge on any atom is 0.0997 e. The van der Waals surface area contributed by atoms with E-state index in [1.165, 1.54) is 0 Å². The second-order valence-corrected chi connectivity index (χ2v) is 4.05. The van der Waals surface area contributed by atoms with Gasteiger partial charge in [-0.15, -0.1) is 0 Å². The smallest absolute Gasteiger partial charge is 0.0997 e. The quantitative estimate of drug-likeness (QED) is 0.737. The van der Waals surface area contributed by atoms with Crippen molar-refractivity contribution in [1.29, 1.82) is 5.26 Å². The highest BCUT2D eigenvalue weighted by Gasteiger charge is 2.08. The van der Waals surface area contributed by atoms with Crippen LogP contribution in [0.4, 0.5) is 4.39 Å². The van der Waals surface area contributed by atoms with E-state index < -0.39 is 6.67 Å². The molecule has 1 aromatic carbocycles. The van der Waals surface area contributed by atoms with Crippen molar-refractivity contribution in [3.63, 3.8) is 0 Å². The summed E-state index contributed by atoms with van der Waals surface area (Å²) < 4.78 is 12.6. The van der Waals surface area contributed by atoms with Crippen LogP contribution in [-0.4, -0.2) is 6.67 Å². The van der Waals surface area contributed by atoms with E-state index in [-0.39, 0.29) is 0 Å². The number of hydrogen-bond acceptors (Lipinski definition) is 1. The van der Waals surface area contributed by atoms with Crippen LogP contribution < -0.4 is 0 Å². The molecule has 0 spiro atoms. The molecule has 16 heavy (non-hydrogen) atoms. The van der Waals surface area contributed by atoms with Crippen LogP contribution in [0.5, 0.6) is 0 Å². The van der Waals surface area contributed by atoms with Gasteiger partial charge < -0.3 is 0 Å². The van der Waals surface area contributed by atoms with Gasteiger partial charge in [-0.3, -0.25) is 4.39 Å². The van der Waals surface area contributed by atoms with E-state index in [1.54, 1.807) is 13.0 Å². The Labute approximate surface area is 96.9 Å². The topological polar surface area (TPSA) is 23.8 Å². The van der Waals surface area contributed by atoms with Gasteiger partial charge in [0.15, 0.2) is 0 Å². The summed E-state index contributed by atoms with van der Waals surface area (Å²) in [6.45, 7) is 3.44. The van der Waals surface area contributed by atoms with Crippen molar-refractivity contribution in [3.8, 4) is 6.07 Å². The highest BCUT2D eigenvalue weighted by Crippen LogP contribution is 2.19. The number of unbranched alkanes of at least 4 members (excludes halogenated alkanes) is 1. The maximum absolute atomic E-state index is 12.6. The van der Waals surface area contributed by atoms with Crippen molar-refractivity contribution in [2.75, 3.05) is 6.67 Å². The predicted molar refractivity (Wildman–Crippen MR) is 63.8 cm³/mol. The van der Waals surface area contributed by atoms with Crippen LogP contribution >= 0.6 is 0 Å². The van der Waals surface area contributed by atoms with Gasteiger partial charge in [0.25, 0.3) is 0 Å². The average Bonchev–Trinajstić information content (AvgIpc) is 2.34. The van der Waals surface area contributed by atoms with Crippen molar-refractivity contribution in [2.45, 2.75) is 33.1 Å². The molecule has 1 rings (SSSR count). The van der Waals surface area contributed by atoms with E-state index in [1.807, 2.05) is 12.1 Å². The summed E-state index contributed by atoms with van der Waals surface area (Å²) in [5.41, 5.74) is 2.60. The first kappa shape index (κ1) is 12.7. The van der Waals surface area contributed by atoms with E-state index in [4.69, 9.17) is 5.26 Å². The fourth-order valence-electron chi connectivity index (χ4n) is 1.61. The Kier molecular flexibility index (Phi) is 4.98. The molecule has 1 aromatic rings. The Bertz CT molecular complexity index is 379. The average molecular weight is 218 g/mol. The van der Waals surface area contributed by atoms with Gasteiger partial charge in [0, 0.05) is 5.92 Å². The monoisotopic (exact) mass is 218 g/mol. The molecular formula is C14H17FN. The number of alkyl halides is 1. The van der Waals surface area contributed by atoms with Gasteiger partial charge in [0.2, 0.25) is 0 Å². The maximum atomic E-state index is 12.6. The summed E-state index contributed by atoms with van der Waals surface area (Å²) in [7, 11) is 0. The molecule has 0 saturated heterocycles. The molecule has 0 aliphatic rings. The fourth-order valence-corrected chi connectivity index (χ4v) is 1.61. The third-order valence-corrected chi connectivity index (χ3v) is 2.63. The number of rotatable bonds is 5. The van der Waals surface area contributed by atoms with Crippen LogP contribution in [0.1, 0.15) is 43.4 Å². The molecule has 0 N–H and O–H groups in total. The van der Waals surface area contributed by atoms with Gasteiger partial charge in [-0.2, -0.15) is 5.26 Å².